The summed E-state index contributed by atoms with van der Waals surface area (Å²) in [5.74, 6) is 0.789. The van der Waals surface area contributed by atoms with Gasteiger partial charge in [0.25, 0.3) is 0 Å². The maximum atomic E-state index is 6.18. The lowest BCUT2D eigenvalue weighted by molar-refractivity contribution is 0.657. The smallest absolute Gasteiger partial charge is 0.130 e. The third-order valence-corrected chi connectivity index (χ3v) is 3.24. The molecular weight excluding hydrogens is 257 g/mol. The normalized spacial score (nSPS) is 12.7. The van der Waals surface area contributed by atoms with Crippen LogP contribution in [-0.2, 0) is 6.54 Å². The molecule has 0 radical (unpaired) electrons. The van der Waals surface area contributed by atoms with E-state index in [4.69, 9.17) is 28.9 Å². The monoisotopic (exact) mass is 269 g/mol. The van der Waals surface area contributed by atoms with Crippen molar-refractivity contribution in [2.24, 2.45) is 5.73 Å². The van der Waals surface area contributed by atoms with Gasteiger partial charge in [0.1, 0.15) is 5.82 Å². The molecule has 0 aliphatic carbocycles. The minimum Gasteiger partial charge on any atom is -0.334 e. The topological polar surface area (TPSA) is 43.8 Å². The highest BCUT2D eigenvalue weighted by Crippen LogP contribution is 2.28. The van der Waals surface area contributed by atoms with Crippen molar-refractivity contribution in [2.75, 3.05) is 0 Å². The molecule has 1 atom stereocenters. The number of hydrogen-bond donors (Lipinski definition) is 1. The van der Waals surface area contributed by atoms with Gasteiger partial charge in [0, 0.05) is 29.0 Å². The van der Waals surface area contributed by atoms with E-state index in [-0.39, 0.29) is 6.04 Å². The molecule has 2 N–H and O–H groups in total. The molecule has 90 valence electrons. The summed E-state index contributed by atoms with van der Waals surface area (Å²) < 4.78 is 1.99. The summed E-state index contributed by atoms with van der Waals surface area (Å²) in [7, 11) is 0. The van der Waals surface area contributed by atoms with Crippen LogP contribution in [0.1, 0.15) is 24.4 Å². The predicted molar refractivity (Wildman–Crippen MR) is 70.4 cm³/mol. The van der Waals surface area contributed by atoms with Gasteiger partial charge in [-0.15, -0.1) is 0 Å². The molecule has 0 aliphatic heterocycles. The minimum absolute atomic E-state index is 0.365. The first-order valence-electron chi connectivity index (χ1n) is 5.35. The average molecular weight is 270 g/mol. The number of halogens is 2. The largest absolute Gasteiger partial charge is 0.334 e. The molecular formula is C12H13Cl2N3. The Balaban J connectivity index is 2.43. The first kappa shape index (κ1) is 12.4. The Bertz CT molecular complexity index is 522. The summed E-state index contributed by atoms with van der Waals surface area (Å²) in [6.07, 6.45) is 3.63. The van der Waals surface area contributed by atoms with Crippen LogP contribution in [0.4, 0.5) is 0 Å². The van der Waals surface area contributed by atoms with E-state index in [9.17, 15) is 0 Å². The molecule has 17 heavy (non-hydrogen) atoms. The third-order valence-electron chi connectivity index (χ3n) is 2.66. The second kappa shape index (κ2) is 5.08. The van der Waals surface area contributed by atoms with Crippen LogP contribution in [0.3, 0.4) is 0 Å². The number of aryl methyl sites for hydroxylation is 1. The highest BCUT2D eigenvalue weighted by molar-refractivity contribution is 6.33. The lowest BCUT2D eigenvalue weighted by atomic mass is 10.1. The molecule has 1 unspecified atom stereocenters. The summed E-state index contributed by atoms with van der Waals surface area (Å²) in [4.78, 5) is 4.27. The molecule has 1 heterocycles. The van der Waals surface area contributed by atoms with Gasteiger partial charge in [-0.25, -0.2) is 4.98 Å². The molecule has 0 saturated heterocycles. The van der Waals surface area contributed by atoms with Gasteiger partial charge >= 0.3 is 0 Å². The van der Waals surface area contributed by atoms with Gasteiger partial charge in [-0.2, -0.15) is 0 Å². The van der Waals surface area contributed by atoms with Crippen LogP contribution in [0.25, 0.3) is 0 Å². The van der Waals surface area contributed by atoms with Crippen molar-refractivity contribution in [1.29, 1.82) is 0 Å². The van der Waals surface area contributed by atoms with E-state index >= 15 is 0 Å². The fraction of sp³-hybridized carbons (Fsp3) is 0.250. The fourth-order valence-corrected chi connectivity index (χ4v) is 2.17. The standard InChI is InChI=1S/C12H13Cl2N3/c1-2-17-6-5-16-12(17)11(15)9-7-8(13)3-4-10(9)14/h3-7,11H,2,15H2,1H3. The van der Waals surface area contributed by atoms with Crippen molar-refractivity contribution in [1.82, 2.24) is 9.55 Å². The number of hydrogen-bond acceptors (Lipinski definition) is 2. The zero-order chi connectivity index (χ0) is 12.4. The Labute approximate surface area is 110 Å². The summed E-state index contributed by atoms with van der Waals surface area (Å²) in [5.41, 5.74) is 6.97. The van der Waals surface area contributed by atoms with E-state index < -0.39 is 0 Å². The van der Waals surface area contributed by atoms with Crippen LogP contribution in [0.5, 0.6) is 0 Å². The van der Waals surface area contributed by atoms with E-state index in [1.807, 2.05) is 17.7 Å². The van der Waals surface area contributed by atoms with Gasteiger partial charge in [-0.05, 0) is 30.7 Å². The lowest BCUT2D eigenvalue weighted by Gasteiger charge is -2.15. The Morgan fingerprint density at radius 2 is 2.18 bits per heavy atom. The SMILES string of the molecule is CCn1ccnc1C(N)c1cc(Cl)ccc1Cl. The van der Waals surface area contributed by atoms with Crippen LogP contribution < -0.4 is 5.73 Å². The van der Waals surface area contributed by atoms with E-state index in [2.05, 4.69) is 4.98 Å². The van der Waals surface area contributed by atoms with Crippen molar-refractivity contribution >= 4 is 23.2 Å². The number of aromatic nitrogens is 2. The summed E-state index contributed by atoms with van der Waals surface area (Å²) in [6, 6.07) is 4.91. The van der Waals surface area contributed by atoms with Gasteiger partial charge in [0.15, 0.2) is 0 Å². The first-order valence-corrected chi connectivity index (χ1v) is 6.10. The molecule has 0 saturated carbocycles. The molecule has 2 rings (SSSR count). The van der Waals surface area contributed by atoms with Crippen molar-refractivity contribution in [3.05, 3.63) is 52.0 Å². The molecule has 0 bridgehead atoms. The Morgan fingerprint density at radius 1 is 1.41 bits per heavy atom. The lowest BCUT2D eigenvalue weighted by Crippen LogP contribution is -2.18. The van der Waals surface area contributed by atoms with E-state index in [1.54, 1.807) is 24.4 Å². The summed E-state index contributed by atoms with van der Waals surface area (Å²) >= 11 is 12.1. The summed E-state index contributed by atoms with van der Waals surface area (Å²) in [5, 5.41) is 1.22. The van der Waals surface area contributed by atoms with Crippen LogP contribution in [-0.4, -0.2) is 9.55 Å². The molecule has 0 aliphatic rings. The summed E-state index contributed by atoms with van der Waals surface area (Å²) in [6.45, 7) is 2.86. The Kier molecular flexibility index (Phi) is 3.72. The zero-order valence-corrected chi connectivity index (χ0v) is 10.9. The second-order valence-corrected chi connectivity index (χ2v) is 4.56. The Morgan fingerprint density at radius 3 is 2.88 bits per heavy atom. The van der Waals surface area contributed by atoms with E-state index in [0.29, 0.717) is 10.0 Å². The maximum Gasteiger partial charge on any atom is 0.130 e. The first-order chi connectivity index (χ1) is 8.13. The number of nitrogens with two attached hydrogens (primary N) is 1. The predicted octanol–water partition coefficient (Wildman–Crippen LogP) is 3.26. The van der Waals surface area contributed by atoms with E-state index in [0.717, 1.165) is 17.9 Å². The van der Waals surface area contributed by atoms with Gasteiger partial charge in [0.05, 0.1) is 6.04 Å². The molecule has 0 fully saturated rings. The van der Waals surface area contributed by atoms with Gasteiger partial charge in [-0.3, -0.25) is 0 Å². The molecule has 1 aromatic carbocycles. The highest BCUT2D eigenvalue weighted by Gasteiger charge is 2.17. The average Bonchev–Trinajstić information content (AvgIpc) is 2.79. The van der Waals surface area contributed by atoms with Crippen molar-refractivity contribution in [3.8, 4) is 0 Å². The number of imidazole rings is 1. The highest BCUT2D eigenvalue weighted by atomic mass is 35.5. The van der Waals surface area contributed by atoms with Gasteiger partial charge in [-0.1, -0.05) is 23.2 Å². The van der Waals surface area contributed by atoms with Crippen LogP contribution in [0, 0.1) is 0 Å². The maximum absolute atomic E-state index is 6.18. The molecule has 2 aromatic rings. The third kappa shape index (κ3) is 2.46. The van der Waals surface area contributed by atoms with Crippen LogP contribution >= 0.6 is 23.2 Å². The second-order valence-electron chi connectivity index (χ2n) is 3.71. The Hall–Kier alpha value is -1.03. The van der Waals surface area contributed by atoms with Gasteiger partial charge < -0.3 is 10.3 Å². The minimum atomic E-state index is -0.365. The molecule has 5 heteroatoms. The van der Waals surface area contributed by atoms with Crippen molar-refractivity contribution < 1.29 is 0 Å². The molecule has 1 aromatic heterocycles. The number of rotatable bonds is 3. The molecule has 0 spiro atoms. The quantitative estimate of drug-likeness (QED) is 0.930. The number of benzene rings is 1. The molecule has 0 amide bonds. The van der Waals surface area contributed by atoms with E-state index in [1.165, 1.54) is 0 Å². The molecule has 3 nitrogen and oxygen atoms in total. The van der Waals surface area contributed by atoms with Crippen molar-refractivity contribution in [2.45, 2.75) is 19.5 Å². The fourth-order valence-electron chi connectivity index (χ4n) is 1.76. The van der Waals surface area contributed by atoms with Crippen LogP contribution in [0.15, 0.2) is 30.6 Å². The van der Waals surface area contributed by atoms with Crippen molar-refractivity contribution in [3.63, 3.8) is 0 Å². The zero-order valence-electron chi connectivity index (χ0n) is 9.40. The number of nitrogens with zero attached hydrogens (tertiary/aromatic N) is 2. The van der Waals surface area contributed by atoms with Gasteiger partial charge in [0.2, 0.25) is 0 Å². The van der Waals surface area contributed by atoms with Crippen LogP contribution in [0.2, 0.25) is 10.0 Å².